The van der Waals surface area contributed by atoms with Gasteiger partial charge in [0.15, 0.2) is 0 Å². The highest BCUT2D eigenvalue weighted by Gasteiger charge is 2.13. The van der Waals surface area contributed by atoms with E-state index < -0.39 is 10.0 Å². The molecule has 76 valence electrons. The maximum absolute atomic E-state index is 11.1. The number of allylic oxidation sites excluding steroid dienone is 1. The molecule has 5 heteroatoms. The van der Waals surface area contributed by atoms with E-state index in [1.165, 1.54) is 12.3 Å². The van der Waals surface area contributed by atoms with Gasteiger partial charge in [-0.15, -0.1) is 0 Å². The summed E-state index contributed by atoms with van der Waals surface area (Å²) < 4.78 is 27.3. The van der Waals surface area contributed by atoms with Gasteiger partial charge in [0.25, 0.3) is 0 Å². The highest BCUT2D eigenvalue weighted by Crippen LogP contribution is 2.21. The van der Waals surface area contributed by atoms with Gasteiger partial charge in [-0.25, -0.2) is 13.6 Å². The molecule has 0 spiro atoms. The van der Waals surface area contributed by atoms with Crippen LogP contribution in [-0.4, -0.2) is 8.42 Å². The van der Waals surface area contributed by atoms with Crippen LogP contribution < -0.4 is 9.88 Å². The molecule has 0 saturated heterocycles. The normalized spacial score (nSPS) is 11.9. The zero-order chi connectivity index (χ0) is 10.6. The Morgan fingerprint density at radius 1 is 1.36 bits per heavy atom. The first-order valence-corrected chi connectivity index (χ1v) is 5.50. The quantitative estimate of drug-likeness (QED) is 0.768. The number of rotatable bonds is 3. The van der Waals surface area contributed by atoms with Crippen LogP contribution >= 0.6 is 0 Å². The third-order valence-corrected chi connectivity index (χ3v) is 2.44. The molecule has 0 fully saturated rings. The second kappa shape index (κ2) is 4.26. The molecule has 0 aliphatic carbocycles. The van der Waals surface area contributed by atoms with Crippen molar-refractivity contribution < 1.29 is 13.2 Å². The number of primary sulfonamides is 1. The molecule has 0 heterocycles. The summed E-state index contributed by atoms with van der Waals surface area (Å²) in [6, 6.07) is 6.20. The standard InChI is InChI=1S/C9H11NO3S/c1-2-7-13-8-5-3-4-6-9(8)14(10,11)12/h2-7H,1H3,(H2,10,11,12). The van der Waals surface area contributed by atoms with E-state index in [9.17, 15) is 8.42 Å². The smallest absolute Gasteiger partial charge is 0.241 e. The summed E-state index contributed by atoms with van der Waals surface area (Å²) >= 11 is 0. The molecule has 0 amide bonds. The minimum absolute atomic E-state index is 0.0156. The molecule has 0 aromatic heterocycles. The number of hydrogen-bond donors (Lipinski definition) is 1. The molecule has 1 aromatic rings. The van der Waals surface area contributed by atoms with Crippen LogP contribution in [0, 0.1) is 0 Å². The SMILES string of the molecule is CC=COc1ccccc1S(N)(=O)=O. The van der Waals surface area contributed by atoms with E-state index in [0.717, 1.165) is 0 Å². The molecular formula is C9H11NO3S. The molecule has 0 atom stereocenters. The lowest BCUT2D eigenvalue weighted by Gasteiger charge is -2.05. The summed E-state index contributed by atoms with van der Waals surface area (Å²) in [6.45, 7) is 1.76. The number of benzene rings is 1. The molecule has 1 rings (SSSR count). The Morgan fingerprint density at radius 2 is 2.00 bits per heavy atom. The van der Waals surface area contributed by atoms with Crippen molar-refractivity contribution in [3.8, 4) is 5.75 Å². The summed E-state index contributed by atoms with van der Waals surface area (Å²) in [6.07, 6.45) is 3.05. The summed E-state index contributed by atoms with van der Waals surface area (Å²) in [4.78, 5) is -0.0156. The molecule has 0 aliphatic heterocycles. The zero-order valence-corrected chi connectivity index (χ0v) is 8.49. The fourth-order valence-corrected chi connectivity index (χ4v) is 1.59. The molecule has 1 aromatic carbocycles. The Morgan fingerprint density at radius 3 is 2.57 bits per heavy atom. The van der Waals surface area contributed by atoms with E-state index in [4.69, 9.17) is 9.88 Å². The highest BCUT2D eigenvalue weighted by atomic mass is 32.2. The van der Waals surface area contributed by atoms with Gasteiger partial charge in [0.1, 0.15) is 10.6 Å². The number of para-hydroxylation sites is 1. The maximum atomic E-state index is 11.1. The van der Waals surface area contributed by atoms with Gasteiger partial charge in [0.05, 0.1) is 6.26 Å². The van der Waals surface area contributed by atoms with Crippen molar-refractivity contribution >= 4 is 10.0 Å². The van der Waals surface area contributed by atoms with Crippen molar-refractivity contribution in [2.75, 3.05) is 0 Å². The van der Waals surface area contributed by atoms with Gasteiger partial charge in [-0.05, 0) is 19.1 Å². The van der Waals surface area contributed by atoms with Crippen LogP contribution in [0.4, 0.5) is 0 Å². The van der Waals surface area contributed by atoms with Crippen LogP contribution in [0.15, 0.2) is 41.5 Å². The van der Waals surface area contributed by atoms with Gasteiger partial charge >= 0.3 is 0 Å². The van der Waals surface area contributed by atoms with Gasteiger partial charge in [0.2, 0.25) is 10.0 Å². The Kier molecular flexibility index (Phi) is 3.27. The lowest BCUT2D eigenvalue weighted by molar-refractivity contribution is 0.465. The molecule has 0 saturated carbocycles. The summed E-state index contributed by atoms with van der Waals surface area (Å²) in [7, 11) is -3.72. The topological polar surface area (TPSA) is 69.4 Å². The number of ether oxygens (including phenoxy) is 1. The monoisotopic (exact) mass is 213 g/mol. The average molecular weight is 213 g/mol. The van der Waals surface area contributed by atoms with Gasteiger partial charge in [-0.3, -0.25) is 0 Å². The van der Waals surface area contributed by atoms with Crippen LogP contribution in [0.25, 0.3) is 0 Å². The van der Waals surface area contributed by atoms with Gasteiger partial charge in [-0.1, -0.05) is 18.2 Å². The lowest BCUT2D eigenvalue weighted by atomic mass is 10.3. The minimum Gasteiger partial charge on any atom is -0.464 e. The third-order valence-electron chi connectivity index (χ3n) is 1.49. The van der Waals surface area contributed by atoms with Crippen molar-refractivity contribution in [1.82, 2.24) is 0 Å². The van der Waals surface area contributed by atoms with E-state index >= 15 is 0 Å². The first-order valence-electron chi connectivity index (χ1n) is 3.95. The molecule has 0 aliphatic rings. The predicted molar refractivity (Wildman–Crippen MR) is 53.3 cm³/mol. The number of nitrogens with two attached hydrogens (primary N) is 1. The van der Waals surface area contributed by atoms with E-state index in [0.29, 0.717) is 0 Å². The summed E-state index contributed by atoms with van der Waals surface area (Å²) in [5.74, 6) is 0.230. The second-order valence-electron chi connectivity index (χ2n) is 2.58. The third kappa shape index (κ3) is 2.58. The Hall–Kier alpha value is -1.33. The molecular weight excluding hydrogens is 202 g/mol. The van der Waals surface area contributed by atoms with E-state index in [1.807, 2.05) is 0 Å². The molecule has 0 radical (unpaired) electrons. The van der Waals surface area contributed by atoms with Crippen LogP contribution in [0.1, 0.15) is 6.92 Å². The predicted octanol–water partition coefficient (Wildman–Crippen LogP) is 1.25. The van der Waals surface area contributed by atoms with E-state index in [1.54, 1.807) is 31.2 Å². The lowest BCUT2D eigenvalue weighted by Crippen LogP contribution is -2.13. The first-order chi connectivity index (χ1) is 6.55. The number of sulfonamides is 1. The molecule has 0 bridgehead atoms. The zero-order valence-electron chi connectivity index (χ0n) is 7.67. The van der Waals surface area contributed by atoms with Crippen LogP contribution in [0.3, 0.4) is 0 Å². The minimum atomic E-state index is -3.72. The first kappa shape index (κ1) is 10.7. The Bertz CT molecular complexity index is 437. The van der Waals surface area contributed by atoms with Gasteiger partial charge in [-0.2, -0.15) is 0 Å². The van der Waals surface area contributed by atoms with Crippen LogP contribution in [-0.2, 0) is 10.0 Å². The summed E-state index contributed by atoms with van der Waals surface area (Å²) in [5.41, 5.74) is 0. The van der Waals surface area contributed by atoms with Crippen molar-refractivity contribution in [3.05, 3.63) is 36.6 Å². The van der Waals surface area contributed by atoms with Crippen molar-refractivity contribution in [1.29, 1.82) is 0 Å². The fourth-order valence-electron chi connectivity index (χ4n) is 0.924. The van der Waals surface area contributed by atoms with Crippen molar-refractivity contribution in [2.45, 2.75) is 11.8 Å². The second-order valence-corrected chi connectivity index (χ2v) is 4.11. The molecule has 14 heavy (non-hydrogen) atoms. The average Bonchev–Trinajstić information content (AvgIpc) is 2.14. The Labute approximate surface area is 83.1 Å². The molecule has 4 nitrogen and oxygen atoms in total. The number of hydrogen-bond acceptors (Lipinski definition) is 3. The van der Waals surface area contributed by atoms with E-state index in [2.05, 4.69) is 0 Å². The van der Waals surface area contributed by atoms with E-state index in [-0.39, 0.29) is 10.6 Å². The fraction of sp³-hybridized carbons (Fsp3) is 0.111. The van der Waals surface area contributed by atoms with Crippen molar-refractivity contribution in [3.63, 3.8) is 0 Å². The largest absolute Gasteiger partial charge is 0.464 e. The van der Waals surface area contributed by atoms with Crippen molar-refractivity contribution in [2.24, 2.45) is 5.14 Å². The summed E-state index contributed by atoms with van der Waals surface area (Å²) in [5, 5.41) is 5.00. The van der Waals surface area contributed by atoms with Crippen LogP contribution in [0.2, 0.25) is 0 Å². The van der Waals surface area contributed by atoms with Gasteiger partial charge < -0.3 is 4.74 Å². The highest BCUT2D eigenvalue weighted by molar-refractivity contribution is 7.89. The molecule has 0 unspecified atom stereocenters. The van der Waals surface area contributed by atoms with Crippen LogP contribution in [0.5, 0.6) is 5.75 Å². The Balaban J connectivity index is 3.16. The maximum Gasteiger partial charge on any atom is 0.241 e. The molecule has 2 N–H and O–H groups in total. The van der Waals surface area contributed by atoms with Gasteiger partial charge in [0, 0.05) is 0 Å².